The molecule has 21 heavy (non-hydrogen) atoms. The van der Waals surface area contributed by atoms with Crippen LogP contribution < -0.4 is 0 Å². The van der Waals surface area contributed by atoms with E-state index in [0.29, 0.717) is 11.1 Å². The van der Waals surface area contributed by atoms with E-state index < -0.39 is 17.6 Å². The molecule has 2 aromatic carbocycles. The standard InChI is InChI=1S/C18H19NO2/c1-18(2,21)16(14-6-4-3-5-7-14)17(20)15-10-8-13(12-19)9-11-15/h3-11,16-17,20-21H,1-2H3. The first-order chi connectivity index (χ1) is 9.93. The highest BCUT2D eigenvalue weighted by atomic mass is 16.3. The van der Waals surface area contributed by atoms with Crippen molar-refractivity contribution < 1.29 is 10.2 Å². The third-order valence-corrected chi connectivity index (χ3v) is 3.62. The molecule has 0 saturated carbocycles. The Balaban J connectivity index is 2.39. The van der Waals surface area contributed by atoms with Gasteiger partial charge in [0.05, 0.1) is 23.3 Å². The van der Waals surface area contributed by atoms with Gasteiger partial charge < -0.3 is 10.2 Å². The fourth-order valence-corrected chi connectivity index (χ4v) is 2.58. The normalized spacial score (nSPS) is 14.2. The van der Waals surface area contributed by atoms with Gasteiger partial charge in [0, 0.05) is 5.92 Å². The van der Waals surface area contributed by atoms with Crippen molar-refractivity contribution in [2.75, 3.05) is 0 Å². The molecule has 0 heterocycles. The highest BCUT2D eigenvalue weighted by molar-refractivity contribution is 5.35. The van der Waals surface area contributed by atoms with Crippen molar-refractivity contribution in [3.05, 3.63) is 71.3 Å². The lowest BCUT2D eigenvalue weighted by atomic mass is 9.78. The predicted octanol–water partition coefficient (Wildman–Crippen LogP) is 3.15. The average Bonchev–Trinajstić information content (AvgIpc) is 2.47. The molecule has 0 aliphatic carbocycles. The maximum atomic E-state index is 10.7. The summed E-state index contributed by atoms with van der Waals surface area (Å²) in [6.45, 7) is 3.38. The van der Waals surface area contributed by atoms with Crippen LogP contribution >= 0.6 is 0 Å². The van der Waals surface area contributed by atoms with Gasteiger partial charge in [0.2, 0.25) is 0 Å². The molecule has 3 heteroatoms. The second-order valence-corrected chi connectivity index (χ2v) is 5.72. The van der Waals surface area contributed by atoms with E-state index in [4.69, 9.17) is 5.26 Å². The monoisotopic (exact) mass is 281 g/mol. The second-order valence-electron chi connectivity index (χ2n) is 5.72. The first-order valence-electron chi connectivity index (χ1n) is 6.89. The number of benzene rings is 2. The highest BCUT2D eigenvalue weighted by Crippen LogP contribution is 2.39. The molecule has 0 radical (unpaired) electrons. The molecular weight excluding hydrogens is 262 g/mol. The molecule has 108 valence electrons. The molecule has 0 aliphatic heterocycles. The Morgan fingerprint density at radius 3 is 2.00 bits per heavy atom. The number of nitriles is 1. The van der Waals surface area contributed by atoms with E-state index in [1.54, 1.807) is 38.1 Å². The molecular formula is C18H19NO2. The number of aliphatic hydroxyl groups excluding tert-OH is 1. The molecule has 2 unspecified atom stereocenters. The van der Waals surface area contributed by atoms with E-state index in [1.165, 1.54) is 0 Å². The van der Waals surface area contributed by atoms with Crippen molar-refractivity contribution in [3.8, 4) is 6.07 Å². The Bertz CT molecular complexity index is 621. The first-order valence-corrected chi connectivity index (χ1v) is 6.89. The van der Waals surface area contributed by atoms with E-state index in [-0.39, 0.29) is 0 Å². The van der Waals surface area contributed by atoms with Gasteiger partial charge in [-0.1, -0.05) is 42.5 Å². The van der Waals surface area contributed by atoms with Gasteiger partial charge in [-0.15, -0.1) is 0 Å². The van der Waals surface area contributed by atoms with Crippen LogP contribution in [0.1, 0.15) is 42.6 Å². The predicted molar refractivity (Wildman–Crippen MR) is 81.6 cm³/mol. The molecule has 2 atom stereocenters. The Morgan fingerprint density at radius 1 is 0.952 bits per heavy atom. The summed E-state index contributed by atoms with van der Waals surface area (Å²) >= 11 is 0. The number of hydrogen-bond acceptors (Lipinski definition) is 3. The van der Waals surface area contributed by atoms with E-state index in [2.05, 4.69) is 6.07 Å². The Kier molecular flexibility index (Phi) is 4.42. The zero-order valence-electron chi connectivity index (χ0n) is 12.2. The summed E-state index contributed by atoms with van der Waals surface area (Å²) in [6, 6.07) is 18.3. The van der Waals surface area contributed by atoms with Crippen LogP contribution in [-0.4, -0.2) is 15.8 Å². The SMILES string of the molecule is CC(C)(O)C(c1ccccc1)C(O)c1ccc(C#N)cc1. The Hall–Kier alpha value is -2.15. The molecule has 0 amide bonds. The van der Waals surface area contributed by atoms with Crippen LogP contribution in [0.2, 0.25) is 0 Å². The van der Waals surface area contributed by atoms with Gasteiger partial charge in [0.25, 0.3) is 0 Å². The molecule has 0 spiro atoms. The lowest BCUT2D eigenvalue weighted by Crippen LogP contribution is -2.33. The number of aliphatic hydroxyl groups is 2. The van der Waals surface area contributed by atoms with Crippen LogP contribution in [0.4, 0.5) is 0 Å². The third-order valence-electron chi connectivity index (χ3n) is 3.62. The molecule has 2 N–H and O–H groups in total. The van der Waals surface area contributed by atoms with Gasteiger partial charge in [-0.05, 0) is 37.1 Å². The molecule has 0 aliphatic rings. The minimum atomic E-state index is -1.07. The first kappa shape index (κ1) is 15.2. The van der Waals surface area contributed by atoms with E-state index in [0.717, 1.165) is 5.56 Å². The summed E-state index contributed by atoms with van der Waals surface area (Å²) in [6.07, 6.45) is -0.847. The summed E-state index contributed by atoms with van der Waals surface area (Å²) in [5.74, 6) is -0.452. The summed E-state index contributed by atoms with van der Waals surface area (Å²) in [5.41, 5.74) is 1.03. The zero-order valence-corrected chi connectivity index (χ0v) is 12.2. The van der Waals surface area contributed by atoms with Crippen LogP contribution in [0.3, 0.4) is 0 Å². The fourth-order valence-electron chi connectivity index (χ4n) is 2.58. The fraction of sp³-hybridized carbons (Fsp3) is 0.278. The number of hydrogen-bond donors (Lipinski definition) is 2. The quantitative estimate of drug-likeness (QED) is 0.905. The maximum Gasteiger partial charge on any atom is 0.0991 e. The van der Waals surface area contributed by atoms with Gasteiger partial charge in [-0.2, -0.15) is 5.26 Å². The van der Waals surface area contributed by atoms with Gasteiger partial charge in [-0.3, -0.25) is 0 Å². The van der Waals surface area contributed by atoms with E-state index in [1.807, 2.05) is 30.3 Å². The van der Waals surface area contributed by atoms with Gasteiger partial charge >= 0.3 is 0 Å². The topological polar surface area (TPSA) is 64.2 Å². The maximum absolute atomic E-state index is 10.7. The smallest absolute Gasteiger partial charge is 0.0991 e. The van der Waals surface area contributed by atoms with Crippen LogP contribution in [-0.2, 0) is 0 Å². The zero-order chi connectivity index (χ0) is 15.5. The molecule has 0 saturated heterocycles. The van der Waals surface area contributed by atoms with Gasteiger partial charge in [-0.25, -0.2) is 0 Å². The van der Waals surface area contributed by atoms with E-state index >= 15 is 0 Å². The number of nitrogens with zero attached hydrogens (tertiary/aromatic N) is 1. The minimum Gasteiger partial charge on any atom is -0.390 e. The molecule has 2 aromatic rings. The molecule has 0 bridgehead atoms. The van der Waals surface area contributed by atoms with E-state index in [9.17, 15) is 10.2 Å². The second kappa shape index (κ2) is 6.09. The molecule has 0 aromatic heterocycles. The summed E-state index contributed by atoms with van der Waals surface area (Å²) in [4.78, 5) is 0. The Labute approximate surface area is 125 Å². The lowest BCUT2D eigenvalue weighted by Gasteiger charge is -2.34. The average molecular weight is 281 g/mol. The van der Waals surface area contributed by atoms with Crippen molar-refractivity contribution in [2.24, 2.45) is 0 Å². The number of rotatable bonds is 4. The largest absolute Gasteiger partial charge is 0.390 e. The van der Waals surface area contributed by atoms with Gasteiger partial charge in [0.15, 0.2) is 0 Å². The summed E-state index contributed by atoms with van der Waals surface area (Å²) in [5, 5.41) is 30.0. The van der Waals surface area contributed by atoms with Crippen molar-refractivity contribution in [1.82, 2.24) is 0 Å². The van der Waals surface area contributed by atoms with Crippen LogP contribution in [0, 0.1) is 11.3 Å². The molecule has 2 rings (SSSR count). The lowest BCUT2D eigenvalue weighted by molar-refractivity contribution is -0.00927. The highest BCUT2D eigenvalue weighted by Gasteiger charge is 2.35. The molecule has 3 nitrogen and oxygen atoms in total. The van der Waals surface area contributed by atoms with Crippen LogP contribution in [0.15, 0.2) is 54.6 Å². The molecule has 0 fully saturated rings. The van der Waals surface area contributed by atoms with Crippen LogP contribution in [0.5, 0.6) is 0 Å². The van der Waals surface area contributed by atoms with Gasteiger partial charge in [0.1, 0.15) is 0 Å². The van der Waals surface area contributed by atoms with Crippen molar-refractivity contribution in [1.29, 1.82) is 5.26 Å². The van der Waals surface area contributed by atoms with Crippen LogP contribution in [0.25, 0.3) is 0 Å². The Morgan fingerprint density at radius 2 is 1.52 bits per heavy atom. The summed E-state index contributed by atoms with van der Waals surface area (Å²) < 4.78 is 0. The van der Waals surface area contributed by atoms with Crippen molar-refractivity contribution in [2.45, 2.75) is 31.5 Å². The minimum absolute atomic E-state index is 0.452. The van der Waals surface area contributed by atoms with Crippen molar-refractivity contribution >= 4 is 0 Å². The summed E-state index contributed by atoms with van der Waals surface area (Å²) in [7, 11) is 0. The third kappa shape index (κ3) is 3.49. The van der Waals surface area contributed by atoms with Crippen molar-refractivity contribution in [3.63, 3.8) is 0 Å².